The number of hydrogen-bond donors (Lipinski definition) is 0. The van der Waals surface area contributed by atoms with Gasteiger partial charge < -0.3 is 4.57 Å². The van der Waals surface area contributed by atoms with Gasteiger partial charge in [-0.2, -0.15) is 5.26 Å². The molecule has 15 heavy (non-hydrogen) atoms. The molecule has 0 saturated heterocycles. The molecule has 2 aromatic heterocycles. The minimum Gasteiger partial charge on any atom is -0.323 e. The van der Waals surface area contributed by atoms with Gasteiger partial charge in [0.25, 0.3) is 0 Å². The second-order valence-corrected chi connectivity index (χ2v) is 4.85. The van der Waals surface area contributed by atoms with Crippen LogP contribution in [0.4, 0.5) is 0 Å². The van der Waals surface area contributed by atoms with Crippen LogP contribution in [0.15, 0.2) is 12.1 Å². The molecule has 0 N–H and O–H groups in total. The molecule has 0 atom stereocenters. The summed E-state index contributed by atoms with van der Waals surface area (Å²) in [4.78, 5) is 5.29. The van der Waals surface area contributed by atoms with Crippen LogP contribution in [0.2, 0.25) is 4.34 Å². The first-order valence-corrected chi connectivity index (χ1v) is 5.52. The van der Waals surface area contributed by atoms with E-state index in [1.54, 1.807) is 4.57 Å². The van der Waals surface area contributed by atoms with Crippen LogP contribution in [-0.4, -0.2) is 9.55 Å². The van der Waals surface area contributed by atoms with Crippen LogP contribution in [0.1, 0.15) is 11.5 Å². The number of nitriles is 1. The van der Waals surface area contributed by atoms with Gasteiger partial charge in [0, 0.05) is 7.05 Å². The Balaban J connectivity index is 2.64. The molecule has 0 radical (unpaired) electrons. The van der Waals surface area contributed by atoms with Crippen LogP contribution in [0.3, 0.4) is 0 Å². The lowest BCUT2D eigenvalue weighted by molar-refractivity contribution is 0.845. The number of aromatic nitrogens is 2. The summed E-state index contributed by atoms with van der Waals surface area (Å²) in [6.07, 6.45) is 0. The summed E-state index contributed by atoms with van der Waals surface area (Å²) >= 11 is 7.28. The first-order chi connectivity index (χ1) is 7.13. The standard InChI is InChI=1S/C10H8ClN3S/c1-6-13-10(7(5-12)14(6)2)8-3-4-9(11)15-8/h3-4H,1-2H3. The van der Waals surface area contributed by atoms with Gasteiger partial charge in [0.15, 0.2) is 0 Å². The molecule has 0 fully saturated rings. The van der Waals surface area contributed by atoms with Crippen molar-refractivity contribution in [2.45, 2.75) is 6.92 Å². The van der Waals surface area contributed by atoms with Crippen LogP contribution >= 0.6 is 22.9 Å². The maximum Gasteiger partial charge on any atom is 0.148 e. The van der Waals surface area contributed by atoms with Gasteiger partial charge in [0.2, 0.25) is 0 Å². The Bertz CT molecular complexity index is 548. The van der Waals surface area contributed by atoms with Gasteiger partial charge in [-0.25, -0.2) is 4.98 Å². The van der Waals surface area contributed by atoms with Crippen molar-refractivity contribution in [3.8, 4) is 16.6 Å². The number of thiophene rings is 1. The largest absolute Gasteiger partial charge is 0.323 e. The fourth-order valence-electron chi connectivity index (χ4n) is 1.35. The second-order valence-electron chi connectivity index (χ2n) is 3.13. The quantitative estimate of drug-likeness (QED) is 0.765. The predicted molar refractivity (Wildman–Crippen MR) is 61.0 cm³/mol. The third-order valence-electron chi connectivity index (χ3n) is 2.23. The van der Waals surface area contributed by atoms with Gasteiger partial charge in [-0.05, 0) is 19.1 Å². The predicted octanol–water partition coefficient (Wildman–Crippen LogP) is 2.98. The Morgan fingerprint density at radius 2 is 2.27 bits per heavy atom. The van der Waals surface area contributed by atoms with Crippen LogP contribution in [0, 0.1) is 18.3 Å². The van der Waals surface area contributed by atoms with Crippen LogP contribution < -0.4 is 0 Å². The number of hydrogen-bond acceptors (Lipinski definition) is 3. The molecule has 0 amide bonds. The molecule has 76 valence electrons. The number of aryl methyl sites for hydroxylation is 1. The summed E-state index contributed by atoms with van der Waals surface area (Å²) in [7, 11) is 1.83. The second kappa shape index (κ2) is 3.69. The van der Waals surface area contributed by atoms with E-state index in [0.29, 0.717) is 10.0 Å². The smallest absolute Gasteiger partial charge is 0.148 e. The van der Waals surface area contributed by atoms with Crippen molar-refractivity contribution in [2.75, 3.05) is 0 Å². The maximum absolute atomic E-state index is 9.04. The number of nitrogens with zero attached hydrogens (tertiary/aromatic N) is 3. The zero-order chi connectivity index (χ0) is 11.0. The van der Waals surface area contributed by atoms with Crippen LogP contribution in [0.5, 0.6) is 0 Å². The van der Waals surface area contributed by atoms with E-state index in [0.717, 1.165) is 16.4 Å². The Hall–Kier alpha value is -1.31. The van der Waals surface area contributed by atoms with Gasteiger partial charge in [-0.3, -0.25) is 0 Å². The summed E-state index contributed by atoms with van der Waals surface area (Å²) in [6.45, 7) is 1.87. The summed E-state index contributed by atoms with van der Waals surface area (Å²) in [5.41, 5.74) is 1.29. The van der Waals surface area contributed by atoms with Crippen LogP contribution in [0.25, 0.3) is 10.6 Å². The van der Waals surface area contributed by atoms with E-state index in [2.05, 4.69) is 11.1 Å². The van der Waals surface area contributed by atoms with Gasteiger partial charge in [-0.1, -0.05) is 11.6 Å². The molecule has 0 aliphatic heterocycles. The molecule has 0 aliphatic rings. The molecular formula is C10H8ClN3S. The molecular weight excluding hydrogens is 230 g/mol. The Morgan fingerprint density at radius 3 is 2.80 bits per heavy atom. The van der Waals surface area contributed by atoms with E-state index < -0.39 is 0 Å². The summed E-state index contributed by atoms with van der Waals surface area (Å²) in [5.74, 6) is 0.825. The lowest BCUT2D eigenvalue weighted by Gasteiger charge is -1.94. The molecule has 0 spiro atoms. The highest BCUT2D eigenvalue weighted by Gasteiger charge is 2.14. The third kappa shape index (κ3) is 1.65. The molecule has 0 saturated carbocycles. The van der Waals surface area contributed by atoms with Crippen molar-refractivity contribution < 1.29 is 0 Å². The molecule has 2 aromatic rings. The molecule has 5 heteroatoms. The molecule has 0 unspecified atom stereocenters. The van der Waals surface area contributed by atoms with E-state index >= 15 is 0 Å². The minimum absolute atomic E-state index is 0.575. The fraction of sp³-hybridized carbons (Fsp3) is 0.200. The Kier molecular flexibility index (Phi) is 2.51. The highest BCUT2D eigenvalue weighted by molar-refractivity contribution is 7.19. The summed E-state index contributed by atoms with van der Waals surface area (Å²) < 4.78 is 2.49. The Labute approximate surface area is 96.6 Å². The topological polar surface area (TPSA) is 41.6 Å². The van der Waals surface area contributed by atoms with Crippen molar-refractivity contribution in [2.24, 2.45) is 7.05 Å². The molecule has 0 aromatic carbocycles. The van der Waals surface area contributed by atoms with Gasteiger partial charge >= 0.3 is 0 Å². The molecule has 3 nitrogen and oxygen atoms in total. The highest BCUT2D eigenvalue weighted by Crippen LogP contribution is 2.32. The lowest BCUT2D eigenvalue weighted by Crippen LogP contribution is -1.94. The van der Waals surface area contributed by atoms with Crippen molar-refractivity contribution in [3.05, 3.63) is 28.0 Å². The van der Waals surface area contributed by atoms with E-state index in [1.807, 2.05) is 26.1 Å². The van der Waals surface area contributed by atoms with E-state index in [4.69, 9.17) is 16.9 Å². The molecule has 0 bridgehead atoms. The van der Waals surface area contributed by atoms with Crippen LogP contribution in [-0.2, 0) is 7.05 Å². The molecule has 2 heterocycles. The van der Waals surface area contributed by atoms with E-state index in [-0.39, 0.29) is 0 Å². The van der Waals surface area contributed by atoms with Gasteiger partial charge in [0.05, 0.1) is 9.21 Å². The summed E-state index contributed by atoms with van der Waals surface area (Å²) in [5, 5.41) is 9.04. The van der Waals surface area contributed by atoms with E-state index in [9.17, 15) is 0 Å². The fourth-order valence-corrected chi connectivity index (χ4v) is 2.39. The number of rotatable bonds is 1. The molecule has 2 rings (SSSR count). The average molecular weight is 238 g/mol. The highest BCUT2D eigenvalue weighted by atomic mass is 35.5. The van der Waals surface area contributed by atoms with Gasteiger partial charge in [0.1, 0.15) is 23.3 Å². The number of halogens is 1. The zero-order valence-electron chi connectivity index (χ0n) is 8.28. The monoisotopic (exact) mass is 237 g/mol. The Morgan fingerprint density at radius 1 is 1.53 bits per heavy atom. The summed E-state index contributed by atoms with van der Waals surface area (Å²) in [6, 6.07) is 5.85. The maximum atomic E-state index is 9.04. The SMILES string of the molecule is Cc1nc(-c2ccc(Cl)s2)c(C#N)n1C. The van der Waals surface area contributed by atoms with Crippen molar-refractivity contribution in [1.82, 2.24) is 9.55 Å². The van der Waals surface area contributed by atoms with Crippen molar-refractivity contribution >= 4 is 22.9 Å². The minimum atomic E-state index is 0.575. The van der Waals surface area contributed by atoms with Crippen molar-refractivity contribution in [1.29, 1.82) is 5.26 Å². The average Bonchev–Trinajstić information content (AvgIpc) is 2.73. The molecule has 0 aliphatic carbocycles. The van der Waals surface area contributed by atoms with Crippen molar-refractivity contribution in [3.63, 3.8) is 0 Å². The lowest BCUT2D eigenvalue weighted by atomic mass is 10.3. The normalized spacial score (nSPS) is 10.3. The zero-order valence-corrected chi connectivity index (χ0v) is 9.85. The number of imidazole rings is 1. The van der Waals surface area contributed by atoms with Gasteiger partial charge in [-0.15, -0.1) is 11.3 Å². The van der Waals surface area contributed by atoms with E-state index in [1.165, 1.54) is 11.3 Å². The third-order valence-corrected chi connectivity index (χ3v) is 3.47. The first-order valence-electron chi connectivity index (χ1n) is 4.32. The first kappa shape index (κ1) is 10.2.